The standard InChI is InChI=1S/C12H15NO2/c1-14-9-3-2-8-7-15-12-6-13-5-11(12)10(8)4-9/h2-4,11-13H,5-7H2,1H3/t11-,12-/m1/s1. The van der Waals surface area contributed by atoms with Crippen LogP contribution in [0.25, 0.3) is 0 Å². The molecule has 0 saturated carbocycles. The van der Waals surface area contributed by atoms with Crippen molar-refractivity contribution in [3.05, 3.63) is 29.3 Å². The summed E-state index contributed by atoms with van der Waals surface area (Å²) >= 11 is 0. The SMILES string of the molecule is COc1ccc2c(c1)[C@H]1CNC[C@H]1OC2. The van der Waals surface area contributed by atoms with Crippen LogP contribution >= 0.6 is 0 Å². The lowest BCUT2D eigenvalue weighted by molar-refractivity contribution is 0.0298. The van der Waals surface area contributed by atoms with E-state index in [1.54, 1.807) is 7.11 Å². The Morgan fingerprint density at radius 1 is 1.40 bits per heavy atom. The molecule has 1 aromatic carbocycles. The molecule has 0 aliphatic carbocycles. The van der Waals surface area contributed by atoms with Crippen LogP contribution in [0.4, 0.5) is 0 Å². The summed E-state index contributed by atoms with van der Waals surface area (Å²) in [5.74, 6) is 1.45. The summed E-state index contributed by atoms with van der Waals surface area (Å²) in [6, 6.07) is 6.27. The highest BCUT2D eigenvalue weighted by atomic mass is 16.5. The minimum absolute atomic E-state index is 0.351. The molecule has 0 spiro atoms. The summed E-state index contributed by atoms with van der Waals surface area (Å²) in [4.78, 5) is 0. The number of ether oxygens (including phenoxy) is 2. The van der Waals surface area contributed by atoms with Gasteiger partial charge in [0.15, 0.2) is 0 Å². The van der Waals surface area contributed by atoms with Crippen LogP contribution in [0.15, 0.2) is 18.2 Å². The molecule has 0 aromatic heterocycles. The Morgan fingerprint density at radius 3 is 3.20 bits per heavy atom. The first-order chi connectivity index (χ1) is 7.38. The number of benzene rings is 1. The maximum absolute atomic E-state index is 5.80. The van der Waals surface area contributed by atoms with Crippen molar-refractivity contribution >= 4 is 0 Å². The third-order valence-corrected chi connectivity index (χ3v) is 3.36. The fourth-order valence-corrected chi connectivity index (χ4v) is 2.51. The molecular weight excluding hydrogens is 190 g/mol. The maximum Gasteiger partial charge on any atom is 0.119 e. The summed E-state index contributed by atoms with van der Waals surface area (Å²) in [6.07, 6.45) is 0.351. The van der Waals surface area contributed by atoms with Crippen molar-refractivity contribution < 1.29 is 9.47 Å². The van der Waals surface area contributed by atoms with Crippen molar-refractivity contribution in [2.24, 2.45) is 0 Å². The van der Waals surface area contributed by atoms with Gasteiger partial charge in [-0.2, -0.15) is 0 Å². The van der Waals surface area contributed by atoms with Crippen LogP contribution in [0.1, 0.15) is 17.0 Å². The highest BCUT2D eigenvalue weighted by molar-refractivity contribution is 5.40. The molecule has 0 radical (unpaired) electrons. The molecule has 80 valence electrons. The van der Waals surface area contributed by atoms with E-state index in [9.17, 15) is 0 Å². The van der Waals surface area contributed by atoms with E-state index < -0.39 is 0 Å². The number of rotatable bonds is 1. The average molecular weight is 205 g/mol. The summed E-state index contributed by atoms with van der Waals surface area (Å²) in [7, 11) is 1.71. The molecular formula is C12H15NO2. The molecule has 2 atom stereocenters. The van der Waals surface area contributed by atoms with Gasteiger partial charge in [-0.3, -0.25) is 0 Å². The first-order valence-electron chi connectivity index (χ1n) is 5.37. The van der Waals surface area contributed by atoms with Gasteiger partial charge in [0.1, 0.15) is 5.75 Å². The van der Waals surface area contributed by atoms with Crippen LogP contribution in [0.2, 0.25) is 0 Å². The first-order valence-corrected chi connectivity index (χ1v) is 5.37. The first kappa shape index (κ1) is 9.19. The van der Waals surface area contributed by atoms with E-state index in [1.165, 1.54) is 11.1 Å². The molecule has 0 amide bonds. The minimum Gasteiger partial charge on any atom is -0.497 e. The molecule has 2 aliphatic heterocycles. The normalized spacial score (nSPS) is 28.3. The summed E-state index contributed by atoms with van der Waals surface area (Å²) < 4.78 is 11.1. The van der Waals surface area contributed by atoms with E-state index in [0.717, 1.165) is 25.4 Å². The number of hydrogen-bond donors (Lipinski definition) is 1. The van der Waals surface area contributed by atoms with E-state index in [-0.39, 0.29) is 0 Å². The van der Waals surface area contributed by atoms with Gasteiger partial charge in [-0.05, 0) is 23.3 Å². The molecule has 3 heteroatoms. The summed E-state index contributed by atoms with van der Waals surface area (Å²) in [5, 5.41) is 3.38. The Morgan fingerprint density at radius 2 is 2.33 bits per heavy atom. The molecule has 3 rings (SSSR count). The smallest absolute Gasteiger partial charge is 0.119 e. The van der Waals surface area contributed by atoms with Crippen molar-refractivity contribution in [1.82, 2.24) is 5.32 Å². The second kappa shape index (κ2) is 3.51. The van der Waals surface area contributed by atoms with Crippen molar-refractivity contribution in [2.75, 3.05) is 20.2 Å². The second-order valence-corrected chi connectivity index (χ2v) is 4.18. The zero-order valence-electron chi connectivity index (χ0n) is 8.82. The van der Waals surface area contributed by atoms with E-state index in [4.69, 9.17) is 9.47 Å². The predicted molar refractivity (Wildman–Crippen MR) is 57.2 cm³/mol. The third kappa shape index (κ3) is 1.43. The van der Waals surface area contributed by atoms with Crippen molar-refractivity contribution in [3.8, 4) is 5.75 Å². The average Bonchev–Trinajstić information content (AvgIpc) is 2.76. The highest BCUT2D eigenvalue weighted by Crippen LogP contribution is 2.35. The van der Waals surface area contributed by atoms with Gasteiger partial charge in [0.2, 0.25) is 0 Å². The third-order valence-electron chi connectivity index (χ3n) is 3.36. The lowest BCUT2D eigenvalue weighted by atomic mass is 9.89. The Labute approximate surface area is 89.4 Å². The quantitative estimate of drug-likeness (QED) is 0.749. The van der Waals surface area contributed by atoms with Gasteiger partial charge in [0.25, 0.3) is 0 Å². The molecule has 1 fully saturated rings. The maximum atomic E-state index is 5.80. The molecule has 3 nitrogen and oxygen atoms in total. The zero-order chi connectivity index (χ0) is 10.3. The molecule has 1 saturated heterocycles. The van der Waals surface area contributed by atoms with Crippen LogP contribution in [0, 0.1) is 0 Å². The van der Waals surface area contributed by atoms with Crippen LogP contribution < -0.4 is 10.1 Å². The molecule has 0 bridgehead atoms. The molecule has 2 heterocycles. The number of fused-ring (bicyclic) bond motifs is 3. The van der Waals surface area contributed by atoms with Gasteiger partial charge in [-0.15, -0.1) is 0 Å². The van der Waals surface area contributed by atoms with Crippen molar-refractivity contribution in [3.63, 3.8) is 0 Å². The molecule has 1 N–H and O–H groups in total. The fourth-order valence-electron chi connectivity index (χ4n) is 2.51. The fraction of sp³-hybridized carbons (Fsp3) is 0.500. The molecule has 2 aliphatic rings. The van der Waals surface area contributed by atoms with Crippen LogP contribution in [0.3, 0.4) is 0 Å². The van der Waals surface area contributed by atoms with Gasteiger partial charge in [0, 0.05) is 19.0 Å². The van der Waals surface area contributed by atoms with E-state index >= 15 is 0 Å². The Bertz CT molecular complexity index is 378. The van der Waals surface area contributed by atoms with Gasteiger partial charge in [-0.1, -0.05) is 6.07 Å². The predicted octanol–water partition coefficient (Wildman–Crippen LogP) is 1.28. The summed E-state index contributed by atoms with van der Waals surface area (Å²) in [5.41, 5.74) is 2.70. The molecule has 0 unspecified atom stereocenters. The lowest BCUT2D eigenvalue weighted by Crippen LogP contribution is -2.26. The van der Waals surface area contributed by atoms with Crippen molar-refractivity contribution in [2.45, 2.75) is 18.6 Å². The second-order valence-electron chi connectivity index (χ2n) is 4.18. The van der Waals surface area contributed by atoms with Gasteiger partial charge in [-0.25, -0.2) is 0 Å². The number of methoxy groups -OCH3 is 1. The Balaban J connectivity index is 2.03. The Hall–Kier alpha value is -1.06. The van der Waals surface area contributed by atoms with Gasteiger partial charge >= 0.3 is 0 Å². The summed E-state index contributed by atoms with van der Waals surface area (Å²) in [6.45, 7) is 2.73. The number of hydrogen-bond acceptors (Lipinski definition) is 3. The van der Waals surface area contributed by atoms with E-state index in [1.807, 2.05) is 6.07 Å². The van der Waals surface area contributed by atoms with Crippen molar-refractivity contribution in [1.29, 1.82) is 0 Å². The molecule has 1 aromatic rings. The van der Waals surface area contributed by atoms with Gasteiger partial charge < -0.3 is 14.8 Å². The lowest BCUT2D eigenvalue weighted by Gasteiger charge is -2.28. The van der Waals surface area contributed by atoms with Crippen LogP contribution in [-0.2, 0) is 11.3 Å². The molecule has 15 heavy (non-hydrogen) atoms. The monoisotopic (exact) mass is 205 g/mol. The number of nitrogens with one attached hydrogen (secondary N) is 1. The van der Waals surface area contributed by atoms with Gasteiger partial charge in [0.05, 0.1) is 19.8 Å². The van der Waals surface area contributed by atoms with E-state index in [2.05, 4.69) is 17.4 Å². The largest absolute Gasteiger partial charge is 0.497 e. The highest BCUT2D eigenvalue weighted by Gasteiger charge is 2.34. The van der Waals surface area contributed by atoms with Crippen LogP contribution in [0.5, 0.6) is 5.75 Å². The van der Waals surface area contributed by atoms with E-state index in [0.29, 0.717) is 12.0 Å². The topological polar surface area (TPSA) is 30.5 Å². The zero-order valence-corrected chi connectivity index (χ0v) is 8.82. The Kier molecular flexibility index (Phi) is 2.15. The minimum atomic E-state index is 0.351. The van der Waals surface area contributed by atoms with Crippen LogP contribution in [-0.4, -0.2) is 26.3 Å².